The van der Waals surface area contributed by atoms with E-state index in [1.54, 1.807) is 7.11 Å². The van der Waals surface area contributed by atoms with Crippen LogP contribution in [0.5, 0.6) is 5.75 Å². The minimum atomic E-state index is 0.283. The molecular weight excluding hydrogens is 234 g/mol. The molecule has 0 saturated carbocycles. The monoisotopic (exact) mass is 253 g/mol. The molecule has 1 aromatic rings. The van der Waals surface area contributed by atoms with Gasteiger partial charge in [-0.1, -0.05) is 30.7 Å². The number of rotatable bonds is 7. The van der Waals surface area contributed by atoms with Crippen LogP contribution in [0, 0.1) is 0 Å². The molecule has 94 valence electrons. The molecule has 17 heavy (non-hydrogen) atoms. The summed E-state index contributed by atoms with van der Waals surface area (Å²) in [4.78, 5) is 0. The number of nitrogens with one attached hydrogen (secondary N) is 1. The van der Waals surface area contributed by atoms with Crippen LogP contribution in [0.15, 0.2) is 30.9 Å². The quantitative estimate of drug-likeness (QED) is 0.743. The molecule has 0 bridgehead atoms. The molecule has 2 nitrogen and oxygen atoms in total. The number of halogens is 1. The molecule has 0 spiro atoms. The molecule has 1 aromatic carbocycles. The van der Waals surface area contributed by atoms with Crippen molar-refractivity contribution in [2.24, 2.45) is 0 Å². The minimum absolute atomic E-state index is 0.283. The molecule has 0 aliphatic rings. The van der Waals surface area contributed by atoms with Crippen LogP contribution in [-0.4, -0.2) is 13.7 Å². The predicted octanol–water partition coefficient (Wildman–Crippen LogP) is 3.97. The van der Waals surface area contributed by atoms with Crippen LogP contribution >= 0.6 is 11.6 Å². The SMILES string of the molecule is C=CCCC(NCC)c1ccc(Cl)cc1OC. The summed E-state index contributed by atoms with van der Waals surface area (Å²) in [5, 5.41) is 4.16. The zero-order valence-corrected chi connectivity index (χ0v) is 11.3. The highest BCUT2D eigenvalue weighted by Gasteiger charge is 2.14. The summed E-state index contributed by atoms with van der Waals surface area (Å²) in [6.45, 7) is 6.79. The largest absolute Gasteiger partial charge is 0.496 e. The van der Waals surface area contributed by atoms with Gasteiger partial charge in [-0.2, -0.15) is 0 Å². The second kappa shape index (κ2) is 7.36. The average Bonchev–Trinajstić information content (AvgIpc) is 2.34. The van der Waals surface area contributed by atoms with Crippen LogP contribution in [0.1, 0.15) is 31.4 Å². The number of methoxy groups -OCH3 is 1. The van der Waals surface area contributed by atoms with Crippen LogP contribution in [0.4, 0.5) is 0 Å². The molecule has 0 fully saturated rings. The highest BCUT2D eigenvalue weighted by molar-refractivity contribution is 6.30. The first-order valence-corrected chi connectivity index (χ1v) is 6.28. The number of ether oxygens (including phenoxy) is 1. The Bertz CT molecular complexity index is 365. The summed E-state index contributed by atoms with van der Waals surface area (Å²) in [5.74, 6) is 0.840. The molecule has 1 unspecified atom stereocenters. The standard InChI is InChI=1S/C14H20ClNO/c1-4-6-7-13(16-5-2)12-9-8-11(15)10-14(12)17-3/h4,8-10,13,16H,1,5-7H2,2-3H3. The van der Waals surface area contributed by atoms with Gasteiger partial charge in [0.2, 0.25) is 0 Å². The van der Waals surface area contributed by atoms with E-state index in [1.165, 1.54) is 0 Å². The van der Waals surface area contributed by atoms with Crippen LogP contribution in [-0.2, 0) is 0 Å². The zero-order chi connectivity index (χ0) is 12.7. The molecule has 0 saturated heterocycles. The lowest BCUT2D eigenvalue weighted by molar-refractivity contribution is 0.396. The van der Waals surface area contributed by atoms with Crippen LogP contribution in [0.25, 0.3) is 0 Å². The highest BCUT2D eigenvalue weighted by atomic mass is 35.5. The van der Waals surface area contributed by atoms with Crippen molar-refractivity contribution in [3.63, 3.8) is 0 Å². The van der Waals surface area contributed by atoms with E-state index in [0.29, 0.717) is 5.02 Å². The van der Waals surface area contributed by atoms with E-state index in [0.717, 1.165) is 30.7 Å². The Labute approximate surface area is 109 Å². The Balaban J connectivity index is 2.94. The molecule has 0 amide bonds. The normalized spacial score (nSPS) is 12.2. The Hall–Kier alpha value is -0.990. The molecular formula is C14H20ClNO. The van der Waals surface area contributed by atoms with Gasteiger partial charge in [-0.05, 0) is 31.5 Å². The van der Waals surface area contributed by atoms with Crippen LogP contribution < -0.4 is 10.1 Å². The topological polar surface area (TPSA) is 21.3 Å². The average molecular weight is 254 g/mol. The molecule has 1 N–H and O–H groups in total. The molecule has 3 heteroatoms. The maximum Gasteiger partial charge on any atom is 0.125 e. The minimum Gasteiger partial charge on any atom is -0.496 e. The van der Waals surface area contributed by atoms with E-state index >= 15 is 0 Å². The summed E-state index contributed by atoms with van der Waals surface area (Å²) in [6.07, 6.45) is 3.92. The Morgan fingerprint density at radius 1 is 1.53 bits per heavy atom. The van der Waals surface area contributed by atoms with E-state index < -0.39 is 0 Å². The van der Waals surface area contributed by atoms with Crippen LogP contribution in [0.3, 0.4) is 0 Å². The molecule has 0 aliphatic carbocycles. The second-order valence-corrected chi connectivity index (χ2v) is 4.30. The zero-order valence-electron chi connectivity index (χ0n) is 10.5. The molecule has 0 aromatic heterocycles. The van der Waals surface area contributed by atoms with E-state index in [4.69, 9.17) is 16.3 Å². The first-order valence-electron chi connectivity index (χ1n) is 5.90. The van der Waals surface area contributed by atoms with E-state index in [1.807, 2.05) is 24.3 Å². The number of allylic oxidation sites excluding steroid dienone is 1. The lowest BCUT2D eigenvalue weighted by Gasteiger charge is -2.20. The van der Waals surface area contributed by atoms with Crippen molar-refractivity contribution in [3.05, 3.63) is 41.4 Å². The predicted molar refractivity (Wildman–Crippen MR) is 73.9 cm³/mol. The van der Waals surface area contributed by atoms with Gasteiger partial charge in [-0.3, -0.25) is 0 Å². The molecule has 0 radical (unpaired) electrons. The van der Waals surface area contributed by atoms with Gasteiger partial charge in [0.15, 0.2) is 0 Å². The summed E-state index contributed by atoms with van der Waals surface area (Å²) < 4.78 is 5.38. The van der Waals surface area contributed by atoms with Crippen molar-refractivity contribution in [1.82, 2.24) is 5.32 Å². The molecule has 0 aliphatic heterocycles. The van der Waals surface area contributed by atoms with Crippen molar-refractivity contribution < 1.29 is 4.74 Å². The third kappa shape index (κ3) is 4.06. The van der Waals surface area contributed by atoms with E-state index in [-0.39, 0.29) is 6.04 Å². The van der Waals surface area contributed by atoms with E-state index in [2.05, 4.69) is 18.8 Å². The van der Waals surface area contributed by atoms with Gasteiger partial charge in [-0.25, -0.2) is 0 Å². The number of hydrogen-bond acceptors (Lipinski definition) is 2. The Morgan fingerprint density at radius 3 is 2.88 bits per heavy atom. The van der Waals surface area contributed by atoms with Crippen molar-refractivity contribution in [2.75, 3.05) is 13.7 Å². The van der Waals surface area contributed by atoms with Gasteiger partial charge >= 0.3 is 0 Å². The molecule has 1 atom stereocenters. The summed E-state index contributed by atoms with van der Waals surface area (Å²) in [7, 11) is 1.67. The van der Waals surface area contributed by atoms with Gasteiger partial charge in [-0.15, -0.1) is 6.58 Å². The highest BCUT2D eigenvalue weighted by Crippen LogP contribution is 2.30. The van der Waals surface area contributed by atoms with Crippen molar-refractivity contribution in [1.29, 1.82) is 0 Å². The lowest BCUT2D eigenvalue weighted by atomic mass is 10.0. The summed E-state index contributed by atoms with van der Waals surface area (Å²) in [5.41, 5.74) is 1.15. The fourth-order valence-electron chi connectivity index (χ4n) is 1.87. The van der Waals surface area contributed by atoms with Gasteiger partial charge < -0.3 is 10.1 Å². The molecule has 1 rings (SSSR count). The summed E-state index contributed by atoms with van der Waals surface area (Å²) >= 11 is 5.97. The van der Waals surface area contributed by atoms with Gasteiger partial charge in [0.25, 0.3) is 0 Å². The fourth-order valence-corrected chi connectivity index (χ4v) is 2.03. The number of benzene rings is 1. The maximum absolute atomic E-state index is 5.97. The van der Waals surface area contributed by atoms with Crippen molar-refractivity contribution >= 4 is 11.6 Å². The first kappa shape index (κ1) is 14.1. The van der Waals surface area contributed by atoms with E-state index in [9.17, 15) is 0 Å². The van der Waals surface area contributed by atoms with Gasteiger partial charge in [0.05, 0.1) is 7.11 Å². The molecule has 0 heterocycles. The lowest BCUT2D eigenvalue weighted by Crippen LogP contribution is -2.21. The fraction of sp³-hybridized carbons (Fsp3) is 0.429. The maximum atomic E-state index is 5.97. The Kier molecular flexibility index (Phi) is 6.09. The smallest absolute Gasteiger partial charge is 0.125 e. The third-order valence-electron chi connectivity index (χ3n) is 2.68. The van der Waals surface area contributed by atoms with Crippen molar-refractivity contribution in [3.8, 4) is 5.75 Å². The van der Waals surface area contributed by atoms with Crippen molar-refractivity contribution in [2.45, 2.75) is 25.8 Å². The van der Waals surface area contributed by atoms with Crippen LogP contribution in [0.2, 0.25) is 5.02 Å². The number of hydrogen-bond donors (Lipinski definition) is 1. The van der Waals surface area contributed by atoms with Gasteiger partial charge in [0, 0.05) is 16.6 Å². The summed E-state index contributed by atoms with van der Waals surface area (Å²) in [6, 6.07) is 6.06. The second-order valence-electron chi connectivity index (χ2n) is 3.86. The first-order chi connectivity index (χ1) is 8.22. The van der Waals surface area contributed by atoms with Gasteiger partial charge in [0.1, 0.15) is 5.75 Å². The Morgan fingerprint density at radius 2 is 2.29 bits per heavy atom. The third-order valence-corrected chi connectivity index (χ3v) is 2.92.